The molecule has 2 aromatic rings. The SMILES string of the molecule is C[C@@H](CC(=O)[O-])CC(=O)N(c1ccccc1)c1ccccc1. The minimum Gasteiger partial charge on any atom is -0.550 e. The fraction of sp³-hybridized carbons (Fsp3) is 0.222. The fourth-order valence-electron chi connectivity index (χ4n) is 2.34. The summed E-state index contributed by atoms with van der Waals surface area (Å²) in [7, 11) is 0. The number of amides is 1. The summed E-state index contributed by atoms with van der Waals surface area (Å²) >= 11 is 0. The van der Waals surface area contributed by atoms with Gasteiger partial charge in [-0.2, -0.15) is 0 Å². The minimum atomic E-state index is -1.13. The van der Waals surface area contributed by atoms with Crippen LogP contribution in [-0.2, 0) is 9.59 Å². The van der Waals surface area contributed by atoms with Crippen LogP contribution in [0.2, 0.25) is 0 Å². The van der Waals surface area contributed by atoms with Crippen molar-refractivity contribution < 1.29 is 14.7 Å². The molecular formula is C18H18NO3-. The highest BCUT2D eigenvalue weighted by Crippen LogP contribution is 2.27. The quantitative estimate of drug-likeness (QED) is 0.823. The number of benzene rings is 2. The van der Waals surface area contributed by atoms with Gasteiger partial charge in [-0.25, -0.2) is 0 Å². The van der Waals surface area contributed by atoms with Gasteiger partial charge in [0.15, 0.2) is 0 Å². The number of anilines is 2. The van der Waals surface area contributed by atoms with Crippen molar-refractivity contribution in [2.75, 3.05) is 4.90 Å². The standard InChI is InChI=1S/C18H19NO3/c1-14(13-18(21)22)12-17(20)19(15-8-4-2-5-9-15)16-10-6-3-7-11-16/h2-11,14H,12-13H2,1H3,(H,21,22)/p-1/t14-/m1/s1. The Labute approximate surface area is 130 Å². The van der Waals surface area contributed by atoms with Crippen LogP contribution in [0.1, 0.15) is 19.8 Å². The molecular weight excluding hydrogens is 278 g/mol. The summed E-state index contributed by atoms with van der Waals surface area (Å²) in [6, 6.07) is 18.6. The molecule has 0 heterocycles. The van der Waals surface area contributed by atoms with Gasteiger partial charge in [0.05, 0.1) is 0 Å². The Hall–Kier alpha value is -2.62. The normalized spacial score (nSPS) is 11.7. The molecule has 1 amide bonds. The van der Waals surface area contributed by atoms with Crippen molar-refractivity contribution in [2.45, 2.75) is 19.8 Å². The van der Waals surface area contributed by atoms with E-state index in [2.05, 4.69) is 0 Å². The number of carboxylic acid groups (broad SMARTS) is 1. The molecule has 0 spiro atoms. The molecule has 22 heavy (non-hydrogen) atoms. The Morgan fingerprint density at radius 1 is 0.909 bits per heavy atom. The maximum Gasteiger partial charge on any atom is 0.231 e. The highest BCUT2D eigenvalue weighted by molar-refractivity contribution is 6.00. The molecule has 1 atom stereocenters. The number of hydrogen-bond donors (Lipinski definition) is 0. The number of carbonyl (C=O) groups excluding carboxylic acids is 2. The molecule has 0 unspecified atom stereocenters. The summed E-state index contributed by atoms with van der Waals surface area (Å²) < 4.78 is 0. The molecule has 2 rings (SSSR count). The maximum absolute atomic E-state index is 12.6. The number of rotatable bonds is 6. The number of para-hydroxylation sites is 2. The van der Waals surface area contributed by atoms with Gasteiger partial charge in [-0.15, -0.1) is 0 Å². The first-order valence-electron chi connectivity index (χ1n) is 7.21. The van der Waals surface area contributed by atoms with Crippen LogP contribution in [0.5, 0.6) is 0 Å². The molecule has 114 valence electrons. The van der Waals surface area contributed by atoms with Crippen LogP contribution in [0.4, 0.5) is 11.4 Å². The second kappa shape index (κ2) is 7.41. The Kier molecular flexibility index (Phi) is 5.31. The molecule has 2 aromatic carbocycles. The van der Waals surface area contributed by atoms with E-state index in [4.69, 9.17) is 0 Å². The summed E-state index contributed by atoms with van der Waals surface area (Å²) in [5, 5.41) is 10.7. The topological polar surface area (TPSA) is 60.4 Å². The fourth-order valence-corrected chi connectivity index (χ4v) is 2.34. The van der Waals surface area contributed by atoms with Gasteiger partial charge in [0.1, 0.15) is 0 Å². The van der Waals surface area contributed by atoms with Gasteiger partial charge in [-0.1, -0.05) is 43.3 Å². The molecule has 0 aromatic heterocycles. The van der Waals surface area contributed by atoms with Gasteiger partial charge >= 0.3 is 0 Å². The van der Waals surface area contributed by atoms with E-state index in [1.165, 1.54) is 0 Å². The second-order valence-electron chi connectivity index (χ2n) is 5.29. The van der Waals surface area contributed by atoms with E-state index < -0.39 is 5.97 Å². The van der Waals surface area contributed by atoms with E-state index in [-0.39, 0.29) is 24.7 Å². The largest absolute Gasteiger partial charge is 0.550 e. The zero-order valence-electron chi connectivity index (χ0n) is 12.4. The molecule has 0 aliphatic heterocycles. The highest BCUT2D eigenvalue weighted by atomic mass is 16.4. The summed E-state index contributed by atoms with van der Waals surface area (Å²) in [6.07, 6.45) is 0.0287. The predicted molar refractivity (Wildman–Crippen MR) is 83.4 cm³/mol. The van der Waals surface area contributed by atoms with Gasteiger partial charge in [0, 0.05) is 23.8 Å². The first-order chi connectivity index (χ1) is 10.6. The van der Waals surface area contributed by atoms with Crippen molar-refractivity contribution in [2.24, 2.45) is 5.92 Å². The summed E-state index contributed by atoms with van der Waals surface area (Å²) in [5.74, 6) is -1.54. The third-order valence-corrected chi connectivity index (χ3v) is 3.32. The third-order valence-electron chi connectivity index (χ3n) is 3.32. The second-order valence-corrected chi connectivity index (χ2v) is 5.29. The van der Waals surface area contributed by atoms with Crippen LogP contribution >= 0.6 is 0 Å². The van der Waals surface area contributed by atoms with Crippen molar-refractivity contribution >= 4 is 23.3 Å². The van der Waals surface area contributed by atoms with Crippen LogP contribution in [0, 0.1) is 5.92 Å². The predicted octanol–water partition coefficient (Wildman–Crippen LogP) is 2.52. The number of carbonyl (C=O) groups is 2. The minimum absolute atomic E-state index is 0.122. The van der Waals surface area contributed by atoms with E-state index in [0.29, 0.717) is 0 Å². The van der Waals surface area contributed by atoms with Crippen LogP contribution in [0.25, 0.3) is 0 Å². The zero-order chi connectivity index (χ0) is 15.9. The summed E-state index contributed by atoms with van der Waals surface area (Å²) in [4.78, 5) is 24.9. The van der Waals surface area contributed by atoms with Crippen molar-refractivity contribution in [3.63, 3.8) is 0 Å². The lowest BCUT2D eigenvalue weighted by Gasteiger charge is -2.24. The lowest BCUT2D eigenvalue weighted by molar-refractivity contribution is -0.306. The summed E-state index contributed by atoms with van der Waals surface area (Å²) in [5.41, 5.74) is 1.53. The molecule has 0 bridgehead atoms. The zero-order valence-corrected chi connectivity index (χ0v) is 12.4. The average Bonchev–Trinajstić information content (AvgIpc) is 2.48. The van der Waals surface area contributed by atoms with Crippen molar-refractivity contribution in [1.82, 2.24) is 0 Å². The van der Waals surface area contributed by atoms with E-state index in [1.807, 2.05) is 60.7 Å². The third kappa shape index (κ3) is 4.19. The number of hydrogen-bond acceptors (Lipinski definition) is 3. The van der Waals surface area contributed by atoms with Crippen molar-refractivity contribution in [3.05, 3.63) is 60.7 Å². The van der Waals surface area contributed by atoms with Gasteiger partial charge in [0.2, 0.25) is 5.91 Å². The molecule has 0 saturated heterocycles. The molecule has 4 heteroatoms. The molecule has 0 N–H and O–H groups in total. The Balaban J connectivity index is 2.25. The Morgan fingerprint density at radius 2 is 1.36 bits per heavy atom. The van der Waals surface area contributed by atoms with Gasteiger partial charge in [-0.05, 0) is 36.6 Å². The molecule has 4 nitrogen and oxygen atoms in total. The van der Waals surface area contributed by atoms with E-state index in [9.17, 15) is 14.7 Å². The van der Waals surface area contributed by atoms with Gasteiger partial charge < -0.3 is 9.90 Å². The van der Waals surface area contributed by atoms with Crippen LogP contribution < -0.4 is 10.0 Å². The molecule has 0 aliphatic rings. The average molecular weight is 296 g/mol. The molecule has 0 radical (unpaired) electrons. The van der Waals surface area contributed by atoms with E-state index in [1.54, 1.807) is 11.8 Å². The first-order valence-corrected chi connectivity index (χ1v) is 7.21. The van der Waals surface area contributed by atoms with Crippen molar-refractivity contribution in [1.29, 1.82) is 0 Å². The van der Waals surface area contributed by atoms with Crippen LogP contribution in [0.15, 0.2) is 60.7 Å². The van der Waals surface area contributed by atoms with Crippen LogP contribution in [0.3, 0.4) is 0 Å². The molecule has 0 saturated carbocycles. The molecule has 0 fully saturated rings. The lowest BCUT2D eigenvalue weighted by Crippen LogP contribution is -2.30. The first kappa shape index (κ1) is 15.8. The monoisotopic (exact) mass is 296 g/mol. The Bertz CT molecular complexity index is 586. The Morgan fingerprint density at radius 3 is 1.77 bits per heavy atom. The van der Waals surface area contributed by atoms with Crippen molar-refractivity contribution in [3.8, 4) is 0 Å². The summed E-state index contributed by atoms with van der Waals surface area (Å²) in [6.45, 7) is 1.74. The smallest absolute Gasteiger partial charge is 0.231 e. The molecule has 0 aliphatic carbocycles. The lowest BCUT2D eigenvalue weighted by atomic mass is 10.0. The van der Waals surface area contributed by atoms with Gasteiger partial charge in [0.25, 0.3) is 0 Å². The van der Waals surface area contributed by atoms with Crippen LogP contribution in [-0.4, -0.2) is 11.9 Å². The highest BCUT2D eigenvalue weighted by Gasteiger charge is 2.20. The number of aliphatic carboxylic acids is 1. The van der Waals surface area contributed by atoms with Gasteiger partial charge in [-0.3, -0.25) is 9.69 Å². The number of carboxylic acids is 1. The number of nitrogens with zero attached hydrogens (tertiary/aromatic N) is 1. The maximum atomic E-state index is 12.6. The van der Waals surface area contributed by atoms with E-state index in [0.717, 1.165) is 11.4 Å². The van der Waals surface area contributed by atoms with E-state index >= 15 is 0 Å².